The van der Waals surface area contributed by atoms with Crippen LogP contribution in [-0.2, 0) is 9.53 Å². The first kappa shape index (κ1) is 14.3. The number of rotatable bonds is 2. The first-order valence-corrected chi connectivity index (χ1v) is 5.77. The van der Waals surface area contributed by atoms with Gasteiger partial charge in [0, 0.05) is 13.1 Å². The van der Waals surface area contributed by atoms with Crippen LogP contribution in [0.3, 0.4) is 0 Å². The van der Waals surface area contributed by atoms with Gasteiger partial charge in [0.1, 0.15) is 11.8 Å². The fourth-order valence-corrected chi connectivity index (χ4v) is 1.68. The van der Waals surface area contributed by atoms with Crippen molar-refractivity contribution in [3.63, 3.8) is 0 Å². The molecule has 18 heavy (non-hydrogen) atoms. The van der Waals surface area contributed by atoms with E-state index in [1.54, 1.807) is 20.8 Å². The second-order valence-electron chi connectivity index (χ2n) is 5.16. The van der Waals surface area contributed by atoms with Crippen LogP contribution in [0.5, 0.6) is 0 Å². The molecule has 1 aliphatic heterocycles. The lowest BCUT2D eigenvalue weighted by atomic mass is 10.2. The summed E-state index contributed by atoms with van der Waals surface area (Å²) in [5.41, 5.74) is -0.540. The molecule has 0 spiro atoms. The molecule has 0 bridgehead atoms. The van der Waals surface area contributed by atoms with Crippen molar-refractivity contribution in [2.24, 2.45) is 5.16 Å². The quantitative estimate of drug-likeness (QED) is 0.430. The van der Waals surface area contributed by atoms with Gasteiger partial charge in [-0.2, -0.15) is 0 Å². The Labute approximate surface area is 106 Å². The highest BCUT2D eigenvalue weighted by Gasteiger charge is 2.28. The summed E-state index contributed by atoms with van der Waals surface area (Å²) in [6.45, 7) is 6.27. The molecule has 0 aromatic heterocycles. The Hall–Kier alpha value is -1.79. The number of nitrogens with one attached hydrogen (secondary N) is 1. The largest absolute Gasteiger partial charge is 0.444 e. The van der Waals surface area contributed by atoms with E-state index in [9.17, 15) is 9.59 Å². The predicted molar refractivity (Wildman–Crippen MR) is 64.6 cm³/mol. The average molecular weight is 257 g/mol. The summed E-state index contributed by atoms with van der Waals surface area (Å²) in [4.78, 5) is 24.4. The van der Waals surface area contributed by atoms with E-state index in [-0.39, 0.29) is 11.9 Å². The van der Waals surface area contributed by atoms with Crippen molar-refractivity contribution in [2.75, 3.05) is 13.1 Å². The van der Waals surface area contributed by atoms with Crippen LogP contribution in [0.15, 0.2) is 5.16 Å². The fourth-order valence-electron chi connectivity index (χ4n) is 1.68. The Morgan fingerprint density at radius 2 is 2.17 bits per heavy atom. The topological polar surface area (TPSA) is 91.2 Å². The van der Waals surface area contributed by atoms with Gasteiger partial charge in [0.25, 0.3) is 5.91 Å². The Bertz CT molecular complexity index is 349. The average Bonchev–Trinajstić information content (AvgIpc) is 2.63. The molecule has 0 aromatic carbocycles. The highest BCUT2D eigenvalue weighted by Crippen LogP contribution is 2.11. The van der Waals surface area contributed by atoms with E-state index in [1.807, 2.05) is 0 Å². The molecule has 2 amide bonds. The summed E-state index contributed by atoms with van der Waals surface area (Å²) < 4.78 is 5.12. The number of ether oxygens (including phenoxy) is 1. The van der Waals surface area contributed by atoms with Crippen LogP contribution in [0.4, 0.5) is 4.79 Å². The van der Waals surface area contributed by atoms with Gasteiger partial charge in [-0.05, 0) is 27.2 Å². The zero-order chi connectivity index (χ0) is 13.8. The minimum Gasteiger partial charge on any atom is -0.444 e. The first-order chi connectivity index (χ1) is 8.31. The third kappa shape index (κ3) is 4.60. The number of amides is 2. The van der Waals surface area contributed by atoms with E-state index in [1.165, 1.54) is 4.90 Å². The van der Waals surface area contributed by atoms with Crippen molar-refractivity contribution in [1.29, 1.82) is 0 Å². The highest BCUT2D eigenvalue weighted by atomic mass is 16.6. The van der Waals surface area contributed by atoms with Crippen LogP contribution in [0, 0.1) is 0 Å². The molecular weight excluding hydrogens is 238 g/mol. The van der Waals surface area contributed by atoms with Crippen molar-refractivity contribution in [1.82, 2.24) is 10.2 Å². The normalized spacial score (nSPS) is 20.2. The van der Waals surface area contributed by atoms with Crippen molar-refractivity contribution in [3.05, 3.63) is 0 Å². The molecule has 1 aliphatic rings. The summed E-state index contributed by atoms with van der Waals surface area (Å²) >= 11 is 0. The van der Waals surface area contributed by atoms with Crippen LogP contribution in [0.2, 0.25) is 0 Å². The van der Waals surface area contributed by atoms with E-state index in [2.05, 4.69) is 10.5 Å². The minimum absolute atomic E-state index is 0.129. The molecule has 7 heteroatoms. The van der Waals surface area contributed by atoms with Gasteiger partial charge in [-0.3, -0.25) is 4.79 Å². The number of hydrogen-bond acceptors (Lipinski definition) is 5. The fraction of sp³-hybridized carbons (Fsp3) is 0.727. The van der Waals surface area contributed by atoms with Gasteiger partial charge in [-0.1, -0.05) is 5.16 Å². The maximum Gasteiger partial charge on any atom is 0.407 e. The van der Waals surface area contributed by atoms with Gasteiger partial charge >= 0.3 is 6.09 Å². The number of carbonyl (C=O) groups is 2. The molecular formula is C11H19N3O4. The summed E-state index contributed by atoms with van der Waals surface area (Å²) in [7, 11) is 0. The molecule has 1 heterocycles. The monoisotopic (exact) mass is 257 g/mol. The first-order valence-electron chi connectivity index (χ1n) is 5.77. The Balaban J connectivity index is 2.39. The lowest BCUT2D eigenvalue weighted by Crippen LogP contribution is -2.41. The van der Waals surface area contributed by atoms with Gasteiger partial charge in [0.2, 0.25) is 0 Å². The van der Waals surface area contributed by atoms with Crippen LogP contribution < -0.4 is 5.32 Å². The van der Waals surface area contributed by atoms with Gasteiger partial charge in [0.15, 0.2) is 0 Å². The lowest BCUT2D eigenvalue weighted by molar-refractivity contribution is -0.122. The number of hydrogen-bond donors (Lipinski definition) is 2. The smallest absolute Gasteiger partial charge is 0.407 e. The van der Waals surface area contributed by atoms with Gasteiger partial charge in [-0.15, -0.1) is 0 Å². The van der Waals surface area contributed by atoms with Crippen molar-refractivity contribution >= 4 is 18.2 Å². The van der Waals surface area contributed by atoms with Crippen LogP contribution >= 0.6 is 0 Å². The van der Waals surface area contributed by atoms with E-state index in [0.29, 0.717) is 19.5 Å². The number of carbonyl (C=O) groups excluding carboxylic acids is 2. The number of oxime groups is 1. The Kier molecular flexibility index (Phi) is 4.52. The third-order valence-corrected chi connectivity index (χ3v) is 2.39. The predicted octanol–water partition coefficient (Wildman–Crippen LogP) is 0.572. The molecule has 1 fully saturated rings. The molecule has 0 saturated carbocycles. The number of nitrogens with zero attached hydrogens (tertiary/aromatic N) is 2. The maximum absolute atomic E-state index is 11.5. The summed E-state index contributed by atoms with van der Waals surface area (Å²) in [6, 6.07) is -0.129. The second kappa shape index (κ2) is 5.70. The third-order valence-electron chi connectivity index (χ3n) is 2.39. The molecule has 0 aliphatic carbocycles. The van der Waals surface area contributed by atoms with Crippen LogP contribution in [0.1, 0.15) is 27.2 Å². The zero-order valence-corrected chi connectivity index (χ0v) is 10.8. The van der Waals surface area contributed by atoms with Gasteiger partial charge < -0.3 is 20.2 Å². The van der Waals surface area contributed by atoms with E-state index in [0.717, 1.165) is 6.21 Å². The van der Waals surface area contributed by atoms with Crippen molar-refractivity contribution in [2.45, 2.75) is 38.8 Å². The molecule has 2 N–H and O–H groups in total. The molecule has 102 valence electrons. The van der Waals surface area contributed by atoms with E-state index >= 15 is 0 Å². The van der Waals surface area contributed by atoms with Crippen LogP contribution in [-0.4, -0.2) is 53.1 Å². The molecule has 7 nitrogen and oxygen atoms in total. The summed E-state index contributed by atoms with van der Waals surface area (Å²) in [6.07, 6.45) is 1.01. The highest BCUT2D eigenvalue weighted by molar-refractivity contribution is 6.26. The van der Waals surface area contributed by atoms with Crippen LogP contribution in [0.25, 0.3) is 0 Å². The number of likely N-dealkylation sites (tertiary alicyclic amines) is 1. The maximum atomic E-state index is 11.5. The zero-order valence-electron chi connectivity index (χ0n) is 10.8. The van der Waals surface area contributed by atoms with Gasteiger partial charge in [-0.25, -0.2) is 4.79 Å². The SMILES string of the molecule is CC(C)(C)OC(=O)NC1CCN(C(=O)/C=N\O)C1. The lowest BCUT2D eigenvalue weighted by Gasteiger charge is -2.21. The molecule has 1 saturated heterocycles. The van der Waals surface area contributed by atoms with Crippen molar-refractivity contribution in [3.8, 4) is 0 Å². The minimum atomic E-state index is -0.540. The molecule has 1 rings (SSSR count). The number of alkyl carbamates (subject to hydrolysis) is 1. The van der Waals surface area contributed by atoms with Crippen molar-refractivity contribution < 1.29 is 19.5 Å². The molecule has 0 radical (unpaired) electrons. The molecule has 0 aromatic rings. The molecule has 1 atom stereocenters. The molecule has 1 unspecified atom stereocenters. The van der Waals surface area contributed by atoms with Gasteiger partial charge in [0.05, 0.1) is 6.04 Å². The van der Waals surface area contributed by atoms with E-state index < -0.39 is 11.7 Å². The Morgan fingerprint density at radius 1 is 1.50 bits per heavy atom. The van der Waals surface area contributed by atoms with E-state index in [4.69, 9.17) is 9.94 Å². The second-order valence-corrected chi connectivity index (χ2v) is 5.16. The summed E-state index contributed by atoms with van der Waals surface area (Å²) in [5.74, 6) is -0.369. The summed E-state index contributed by atoms with van der Waals surface area (Å²) in [5, 5.41) is 13.7. The Morgan fingerprint density at radius 3 is 2.72 bits per heavy atom. The standard InChI is InChI=1S/C11H19N3O4/c1-11(2,3)18-10(16)13-8-4-5-14(7-8)9(15)6-12-17/h6,8,17H,4-5,7H2,1-3H3,(H,13,16)/b12-6-.